The molecule has 0 aliphatic heterocycles. The van der Waals surface area contributed by atoms with E-state index in [4.69, 9.17) is 22.4 Å². The van der Waals surface area contributed by atoms with Crippen LogP contribution >= 0.6 is 11.6 Å². The zero-order valence-electron chi connectivity index (χ0n) is 9.50. The first-order valence-corrected chi connectivity index (χ1v) is 5.61. The van der Waals surface area contributed by atoms with Gasteiger partial charge in [0.1, 0.15) is 5.82 Å². The molecule has 0 saturated heterocycles. The van der Waals surface area contributed by atoms with Crippen LogP contribution in [0, 0.1) is 5.82 Å². The maximum Gasteiger partial charge on any atom is 0.124 e. The smallest absolute Gasteiger partial charge is 0.124 e. The summed E-state index contributed by atoms with van der Waals surface area (Å²) in [5.41, 5.74) is 6.26. The Morgan fingerprint density at radius 2 is 2.19 bits per heavy atom. The number of halogens is 2. The Kier molecular flexibility index (Phi) is 4.30. The molecule has 3 N–H and O–H groups in total. The molecule has 2 unspecified atom stereocenters. The van der Waals surface area contributed by atoms with E-state index in [2.05, 4.69) is 0 Å². The van der Waals surface area contributed by atoms with E-state index in [-0.39, 0.29) is 18.5 Å². The zero-order chi connectivity index (χ0) is 12.3. The van der Waals surface area contributed by atoms with Crippen molar-refractivity contribution in [3.63, 3.8) is 0 Å². The largest absolute Gasteiger partial charge is 0.396 e. The molecule has 1 aromatic rings. The van der Waals surface area contributed by atoms with Crippen LogP contribution < -0.4 is 5.73 Å². The molecule has 0 radical (unpaired) electrons. The van der Waals surface area contributed by atoms with Crippen molar-refractivity contribution in [2.75, 3.05) is 6.61 Å². The molecular formula is C12H17ClFNO. The van der Waals surface area contributed by atoms with Gasteiger partial charge < -0.3 is 10.8 Å². The van der Waals surface area contributed by atoms with Crippen LogP contribution in [-0.2, 0) is 5.41 Å². The third-order valence-electron chi connectivity index (χ3n) is 3.18. The van der Waals surface area contributed by atoms with E-state index in [0.29, 0.717) is 11.4 Å². The van der Waals surface area contributed by atoms with E-state index in [0.717, 1.165) is 5.56 Å². The molecule has 90 valence electrons. The Bertz CT molecular complexity index is 370. The maximum absolute atomic E-state index is 13.0. The molecule has 4 heteroatoms. The summed E-state index contributed by atoms with van der Waals surface area (Å²) in [4.78, 5) is 0. The van der Waals surface area contributed by atoms with Gasteiger partial charge in [-0.25, -0.2) is 4.39 Å². The molecule has 1 aromatic carbocycles. The molecule has 16 heavy (non-hydrogen) atoms. The SMILES string of the molecule is CC(N)C(C)(CCO)c1ccc(F)cc1Cl. The van der Waals surface area contributed by atoms with E-state index in [1.807, 2.05) is 13.8 Å². The van der Waals surface area contributed by atoms with Crippen LogP contribution in [-0.4, -0.2) is 17.8 Å². The predicted molar refractivity (Wildman–Crippen MR) is 64.1 cm³/mol. The fraction of sp³-hybridized carbons (Fsp3) is 0.500. The average Bonchev–Trinajstić information content (AvgIpc) is 2.17. The monoisotopic (exact) mass is 245 g/mol. The highest BCUT2D eigenvalue weighted by atomic mass is 35.5. The van der Waals surface area contributed by atoms with Gasteiger partial charge >= 0.3 is 0 Å². The minimum Gasteiger partial charge on any atom is -0.396 e. The highest BCUT2D eigenvalue weighted by Gasteiger charge is 2.32. The second-order valence-corrected chi connectivity index (χ2v) is 4.71. The van der Waals surface area contributed by atoms with Gasteiger partial charge in [0, 0.05) is 23.1 Å². The third-order valence-corrected chi connectivity index (χ3v) is 3.50. The van der Waals surface area contributed by atoms with Gasteiger partial charge in [0.2, 0.25) is 0 Å². The molecule has 0 aromatic heterocycles. The van der Waals surface area contributed by atoms with Gasteiger partial charge in [-0.1, -0.05) is 24.6 Å². The Morgan fingerprint density at radius 1 is 1.56 bits per heavy atom. The van der Waals surface area contributed by atoms with Crippen molar-refractivity contribution in [3.8, 4) is 0 Å². The summed E-state index contributed by atoms with van der Waals surface area (Å²) < 4.78 is 13.0. The molecule has 0 spiro atoms. The van der Waals surface area contributed by atoms with Gasteiger partial charge in [-0.15, -0.1) is 0 Å². The maximum atomic E-state index is 13.0. The number of benzene rings is 1. The molecule has 0 bridgehead atoms. The van der Waals surface area contributed by atoms with Gasteiger partial charge in [0.15, 0.2) is 0 Å². The van der Waals surface area contributed by atoms with Crippen molar-refractivity contribution in [2.24, 2.45) is 5.73 Å². The summed E-state index contributed by atoms with van der Waals surface area (Å²) in [5, 5.41) is 9.44. The molecule has 1 rings (SSSR count). The topological polar surface area (TPSA) is 46.2 Å². The molecule has 0 saturated carbocycles. The Balaban J connectivity index is 3.21. The molecule has 2 atom stereocenters. The lowest BCUT2D eigenvalue weighted by Gasteiger charge is -2.34. The quantitative estimate of drug-likeness (QED) is 0.856. The summed E-state index contributed by atoms with van der Waals surface area (Å²) in [7, 11) is 0. The van der Waals surface area contributed by atoms with Gasteiger partial charge in [-0.3, -0.25) is 0 Å². The lowest BCUT2D eigenvalue weighted by molar-refractivity contribution is 0.229. The number of hydrogen-bond acceptors (Lipinski definition) is 2. The molecular weight excluding hydrogens is 229 g/mol. The van der Waals surface area contributed by atoms with Crippen molar-refractivity contribution < 1.29 is 9.50 Å². The second-order valence-electron chi connectivity index (χ2n) is 4.30. The molecule has 0 heterocycles. The van der Waals surface area contributed by atoms with Crippen LogP contribution in [0.3, 0.4) is 0 Å². The fourth-order valence-electron chi connectivity index (χ4n) is 1.79. The van der Waals surface area contributed by atoms with Crippen LogP contribution in [0.2, 0.25) is 5.02 Å². The molecule has 0 fully saturated rings. The van der Waals surface area contributed by atoms with Gasteiger partial charge in [0.25, 0.3) is 0 Å². The van der Waals surface area contributed by atoms with E-state index in [1.54, 1.807) is 6.07 Å². The first-order valence-electron chi connectivity index (χ1n) is 5.24. The van der Waals surface area contributed by atoms with Crippen molar-refractivity contribution in [1.82, 2.24) is 0 Å². The van der Waals surface area contributed by atoms with Crippen molar-refractivity contribution in [2.45, 2.75) is 31.7 Å². The summed E-state index contributed by atoms with van der Waals surface area (Å²) in [6, 6.07) is 4.09. The van der Waals surface area contributed by atoms with Crippen molar-refractivity contribution >= 4 is 11.6 Å². The van der Waals surface area contributed by atoms with E-state index in [9.17, 15) is 4.39 Å². The summed E-state index contributed by atoms with van der Waals surface area (Å²) >= 11 is 6.02. The predicted octanol–water partition coefficient (Wildman–Crippen LogP) is 2.47. The van der Waals surface area contributed by atoms with Crippen LogP contribution in [0.1, 0.15) is 25.8 Å². The Hall–Kier alpha value is -0.640. The number of rotatable bonds is 4. The fourth-order valence-corrected chi connectivity index (χ4v) is 2.18. The summed E-state index contributed by atoms with van der Waals surface area (Å²) in [5.74, 6) is -0.371. The summed E-state index contributed by atoms with van der Waals surface area (Å²) in [6.45, 7) is 3.80. The molecule has 0 amide bonds. The number of aliphatic hydroxyl groups excluding tert-OH is 1. The van der Waals surface area contributed by atoms with E-state index >= 15 is 0 Å². The van der Waals surface area contributed by atoms with Crippen LogP contribution in [0.4, 0.5) is 4.39 Å². The van der Waals surface area contributed by atoms with Crippen molar-refractivity contribution in [3.05, 3.63) is 34.6 Å². The molecule has 2 nitrogen and oxygen atoms in total. The lowest BCUT2D eigenvalue weighted by atomic mass is 9.74. The third kappa shape index (κ3) is 2.54. The van der Waals surface area contributed by atoms with Gasteiger partial charge in [-0.05, 0) is 31.0 Å². The first kappa shape index (κ1) is 13.4. The van der Waals surface area contributed by atoms with Gasteiger partial charge in [0.05, 0.1) is 0 Å². The van der Waals surface area contributed by atoms with E-state index in [1.165, 1.54) is 12.1 Å². The molecule has 0 aliphatic carbocycles. The van der Waals surface area contributed by atoms with Crippen LogP contribution in [0.5, 0.6) is 0 Å². The van der Waals surface area contributed by atoms with Crippen LogP contribution in [0.15, 0.2) is 18.2 Å². The van der Waals surface area contributed by atoms with Gasteiger partial charge in [-0.2, -0.15) is 0 Å². The average molecular weight is 246 g/mol. The minimum atomic E-state index is -0.445. The van der Waals surface area contributed by atoms with Crippen molar-refractivity contribution in [1.29, 1.82) is 0 Å². The number of nitrogens with two attached hydrogens (primary N) is 1. The normalized spacial score (nSPS) is 16.9. The number of aliphatic hydroxyl groups is 1. The molecule has 0 aliphatic rings. The number of hydrogen-bond donors (Lipinski definition) is 2. The lowest BCUT2D eigenvalue weighted by Crippen LogP contribution is -2.42. The highest BCUT2D eigenvalue weighted by molar-refractivity contribution is 6.31. The zero-order valence-corrected chi connectivity index (χ0v) is 10.3. The van der Waals surface area contributed by atoms with E-state index < -0.39 is 5.41 Å². The second kappa shape index (κ2) is 5.13. The first-order chi connectivity index (χ1) is 7.41. The summed E-state index contributed by atoms with van der Waals surface area (Å²) in [6.07, 6.45) is 0.496. The standard InChI is InChI=1S/C12H17ClFNO/c1-8(15)12(2,5-6-16)10-4-3-9(14)7-11(10)13/h3-4,7-8,16H,5-6,15H2,1-2H3. The Labute approximate surface area is 100 Å². The van der Waals surface area contributed by atoms with Crippen LogP contribution in [0.25, 0.3) is 0 Å². The Morgan fingerprint density at radius 3 is 2.62 bits per heavy atom. The highest BCUT2D eigenvalue weighted by Crippen LogP contribution is 2.35. The minimum absolute atomic E-state index is 0.0196.